The molecule has 82 valence electrons. The van der Waals surface area contributed by atoms with E-state index in [0.717, 1.165) is 18.5 Å². The molecule has 1 atom stereocenters. The lowest BCUT2D eigenvalue weighted by Crippen LogP contribution is -2.33. The second-order valence-electron chi connectivity index (χ2n) is 4.93. The Hall–Kier alpha value is -0.0800. The van der Waals surface area contributed by atoms with Crippen LogP contribution in [0.1, 0.15) is 39.0 Å². The molecular formula is C12H24N2. The van der Waals surface area contributed by atoms with Gasteiger partial charge in [-0.3, -0.25) is 0 Å². The van der Waals surface area contributed by atoms with Crippen LogP contribution >= 0.6 is 0 Å². The van der Waals surface area contributed by atoms with Crippen LogP contribution in [0.5, 0.6) is 0 Å². The predicted octanol–water partition coefficient (Wildman–Crippen LogP) is 1.86. The third-order valence-corrected chi connectivity index (χ3v) is 3.84. The lowest BCUT2D eigenvalue weighted by Gasteiger charge is -2.27. The Kier molecular flexibility index (Phi) is 3.82. The summed E-state index contributed by atoms with van der Waals surface area (Å²) in [6.45, 7) is 7.30. The van der Waals surface area contributed by atoms with Crippen LogP contribution in [0.15, 0.2) is 0 Å². The molecule has 0 aromatic heterocycles. The highest BCUT2D eigenvalue weighted by Gasteiger charge is 2.23. The van der Waals surface area contributed by atoms with Crippen molar-refractivity contribution in [1.29, 1.82) is 0 Å². The standard InChI is InChI=1S/C12H24N2/c1-2-13-12-7-9-14(10-12)8-6-11-4-3-5-11/h11-13H,2-10H2,1H3. The van der Waals surface area contributed by atoms with Gasteiger partial charge in [0.15, 0.2) is 0 Å². The molecule has 0 aromatic rings. The van der Waals surface area contributed by atoms with Crippen LogP contribution in [0, 0.1) is 5.92 Å². The first-order chi connectivity index (χ1) is 6.88. The van der Waals surface area contributed by atoms with Crippen molar-refractivity contribution in [3.8, 4) is 0 Å². The molecule has 2 rings (SSSR count). The van der Waals surface area contributed by atoms with E-state index in [4.69, 9.17) is 0 Å². The summed E-state index contributed by atoms with van der Waals surface area (Å²) in [4.78, 5) is 2.64. The fourth-order valence-corrected chi connectivity index (χ4v) is 2.64. The van der Waals surface area contributed by atoms with E-state index in [2.05, 4.69) is 17.1 Å². The second-order valence-corrected chi connectivity index (χ2v) is 4.93. The lowest BCUT2D eigenvalue weighted by molar-refractivity contribution is 0.236. The number of nitrogens with one attached hydrogen (secondary N) is 1. The molecule has 1 saturated heterocycles. The molecule has 0 aromatic carbocycles. The minimum atomic E-state index is 0.779. The highest BCUT2D eigenvalue weighted by molar-refractivity contribution is 4.81. The first-order valence-corrected chi connectivity index (χ1v) is 6.34. The number of hydrogen-bond donors (Lipinski definition) is 1. The van der Waals surface area contributed by atoms with Gasteiger partial charge in [-0.2, -0.15) is 0 Å². The van der Waals surface area contributed by atoms with Crippen molar-refractivity contribution in [2.75, 3.05) is 26.2 Å². The number of hydrogen-bond acceptors (Lipinski definition) is 2. The summed E-state index contributed by atoms with van der Waals surface area (Å²) in [6, 6.07) is 0.779. The molecule has 1 aliphatic carbocycles. The Bertz CT molecular complexity index is 166. The minimum Gasteiger partial charge on any atom is -0.313 e. The van der Waals surface area contributed by atoms with Crippen molar-refractivity contribution in [3.63, 3.8) is 0 Å². The Balaban J connectivity index is 1.58. The molecule has 1 saturated carbocycles. The van der Waals surface area contributed by atoms with Gasteiger partial charge in [-0.15, -0.1) is 0 Å². The minimum absolute atomic E-state index is 0.779. The van der Waals surface area contributed by atoms with Crippen molar-refractivity contribution in [2.24, 2.45) is 5.92 Å². The smallest absolute Gasteiger partial charge is 0.0207 e. The van der Waals surface area contributed by atoms with Crippen LogP contribution in [-0.2, 0) is 0 Å². The maximum absolute atomic E-state index is 3.55. The molecule has 0 amide bonds. The van der Waals surface area contributed by atoms with E-state index in [1.54, 1.807) is 0 Å². The van der Waals surface area contributed by atoms with E-state index < -0.39 is 0 Å². The Morgan fingerprint density at radius 3 is 2.79 bits per heavy atom. The van der Waals surface area contributed by atoms with Crippen LogP contribution in [0.4, 0.5) is 0 Å². The average molecular weight is 196 g/mol. The number of likely N-dealkylation sites (tertiary alicyclic amines) is 1. The van der Waals surface area contributed by atoms with Gasteiger partial charge in [-0.25, -0.2) is 0 Å². The molecule has 2 nitrogen and oxygen atoms in total. The van der Waals surface area contributed by atoms with E-state index in [0.29, 0.717) is 0 Å². The zero-order valence-corrected chi connectivity index (χ0v) is 9.47. The molecule has 0 spiro atoms. The van der Waals surface area contributed by atoms with Gasteiger partial charge in [-0.05, 0) is 38.4 Å². The quantitative estimate of drug-likeness (QED) is 0.722. The topological polar surface area (TPSA) is 15.3 Å². The third-order valence-electron chi connectivity index (χ3n) is 3.84. The van der Waals surface area contributed by atoms with Crippen LogP contribution in [0.25, 0.3) is 0 Å². The molecule has 0 bridgehead atoms. The van der Waals surface area contributed by atoms with Crippen molar-refractivity contribution < 1.29 is 0 Å². The summed E-state index contributed by atoms with van der Waals surface area (Å²) in [5, 5.41) is 3.55. The molecule has 1 unspecified atom stereocenters. The summed E-state index contributed by atoms with van der Waals surface area (Å²) in [5.41, 5.74) is 0. The number of likely N-dealkylation sites (N-methyl/N-ethyl adjacent to an activating group) is 1. The van der Waals surface area contributed by atoms with Gasteiger partial charge in [0.2, 0.25) is 0 Å². The Labute approximate surface area is 88.1 Å². The van der Waals surface area contributed by atoms with Gasteiger partial charge < -0.3 is 10.2 Å². The summed E-state index contributed by atoms with van der Waals surface area (Å²) in [6.07, 6.45) is 7.32. The zero-order valence-electron chi connectivity index (χ0n) is 9.47. The van der Waals surface area contributed by atoms with Crippen LogP contribution in [0.2, 0.25) is 0 Å². The first kappa shape index (κ1) is 10.4. The molecule has 1 aliphatic heterocycles. The van der Waals surface area contributed by atoms with Gasteiger partial charge in [0.25, 0.3) is 0 Å². The predicted molar refractivity (Wildman–Crippen MR) is 60.5 cm³/mol. The molecule has 0 radical (unpaired) electrons. The maximum Gasteiger partial charge on any atom is 0.0207 e. The fraction of sp³-hybridized carbons (Fsp3) is 1.00. The van der Waals surface area contributed by atoms with E-state index in [1.165, 1.54) is 51.7 Å². The van der Waals surface area contributed by atoms with Crippen molar-refractivity contribution in [2.45, 2.75) is 45.1 Å². The second kappa shape index (κ2) is 5.13. The highest BCUT2D eigenvalue weighted by atomic mass is 15.2. The molecule has 2 aliphatic rings. The first-order valence-electron chi connectivity index (χ1n) is 6.34. The molecule has 1 heterocycles. The normalized spacial score (nSPS) is 29.4. The molecule has 2 fully saturated rings. The highest BCUT2D eigenvalue weighted by Crippen LogP contribution is 2.29. The van der Waals surface area contributed by atoms with E-state index >= 15 is 0 Å². The van der Waals surface area contributed by atoms with Gasteiger partial charge in [0, 0.05) is 12.6 Å². The van der Waals surface area contributed by atoms with Crippen LogP contribution < -0.4 is 5.32 Å². The Morgan fingerprint density at radius 1 is 1.29 bits per heavy atom. The molecule has 1 N–H and O–H groups in total. The van der Waals surface area contributed by atoms with E-state index in [1.807, 2.05) is 0 Å². The van der Waals surface area contributed by atoms with Crippen molar-refractivity contribution in [1.82, 2.24) is 10.2 Å². The third kappa shape index (κ3) is 2.71. The fourth-order valence-electron chi connectivity index (χ4n) is 2.64. The monoisotopic (exact) mass is 196 g/mol. The maximum atomic E-state index is 3.55. The van der Waals surface area contributed by atoms with Gasteiger partial charge >= 0.3 is 0 Å². The molecular weight excluding hydrogens is 172 g/mol. The van der Waals surface area contributed by atoms with Gasteiger partial charge in [-0.1, -0.05) is 26.2 Å². The largest absolute Gasteiger partial charge is 0.313 e. The number of rotatable bonds is 5. The summed E-state index contributed by atoms with van der Waals surface area (Å²) < 4.78 is 0. The summed E-state index contributed by atoms with van der Waals surface area (Å²) in [7, 11) is 0. The lowest BCUT2D eigenvalue weighted by atomic mass is 9.83. The zero-order chi connectivity index (χ0) is 9.80. The van der Waals surface area contributed by atoms with Crippen molar-refractivity contribution >= 4 is 0 Å². The summed E-state index contributed by atoms with van der Waals surface area (Å²) >= 11 is 0. The molecule has 2 heteroatoms. The van der Waals surface area contributed by atoms with Crippen LogP contribution in [-0.4, -0.2) is 37.1 Å². The van der Waals surface area contributed by atoms with E-state index in [-0.39, 0.29) is 0 Å². The number of nitrogens with zero attached hydrogens (tertiary/aromatic N) is 1. The van der Waals surface area contributed by atoms with E-state index in [9.17, 15) is 0 Å². The summed E-state index contributed by atoms with van der Waals surface area (Å²) in [5.74, 6) is 1.08. The molecule has 14 heavy (non-hydrogen) atoms. The van der Waals surface area contributed by atoms with Gasteiger partial charge in [0.05, 0.1) is 0 Å². The van der Waals surface area contributed by atoms with Crippen molar-refractivity contribution in [3.05, 3.63) is 0 Å². The Morgan fingerprint density at radius 2 is 2.14 bits per heavy atom. The average Bonchev–Trinajstić information content (AvgIpc) is 2.51. The van der Waals surface area contributed by atoms with Crippen LogP contribution in [0.3, 0.4) is 0 Å². The SMILES string of the molecule is CCNC1CCN(CCC2CCC2)C1. The van der Waals surface area contributed by atoms with Gasteiger partial charge in [0.1, 0.15) is 0 Å².